The van der Waals surface area contributed by atoms with E-state index in [0.717, 1.165) is 12.1 Å². The van der Waals surface area contributed by atoms with Gasteiger partial charge in [0.1, 0.15) is 5.57 Å². The number of carbonyl (C=O) groups is 1. The Morgan fingerprint density at radius 2 is 1.71 bits per heavy atom. The SMILES string of the molecule is O=C(O)C(=C(F)F)c1ccccc1P(=O)(O)O. The van der Waals surface area contributed by atoms with Gasteiger partial charge in [0, 0.05) is 5.56 Å². The smallest absolute Gasteiger partial charge is 0.356 e. The summed E-state index contributed by atoms with van der Waals surface area (Å²) in [6, 6.07) is 4.24. The van der Waals surface area contributed by atoms with Crippen LogP contribution in [0.4, 0.5) is 8.78 Å². The Labute approximate surface area is 94.2 Å². The Bertz CT molecular complexity index is 530. The molecule has 0 radical (unpaired) electrons. The zero-order valence-corrected chi connectivity index (χ0v) is 9.07. The minimum absolute atomic E-state index is 0.687. The predicted octanol–water partition coefficient (Wildman–Crippen LogP) is 1.18. The van der Waals surface area contributed by atoms with E-state index in [4.69, 9.17) is 14.9 Å². The number of benzene rings is 1. The summed E-state index contributed by atoms with van der Waals surface area (Å²) in [7, 11) is -4.82. The fourth-order valence-corrected chi connectivity index (χ4v) is 2.02. The van der Waals surface area contributed by atoms with Gasteiger partial charge in [-0.25, -0.2) is 4.79 Å². The Morgan fingerprint density at radius 1 is 1.18 bits per heavy atom. The number of hydrogen-bond acceptors (Lipinski definition) is 2. The molecule has 1 rings (SSSR count). The van der Waals surface area contributed by atoms with Crippen LogP contribution in [0, 0.1) is 0 Å². The molecule has 0 fully saturated rings. The summed E-state index contributed by atoms with van der Waals surface area (Å²) in [5.41, 5.74) is -2.10. The number of carboxylic acid groups (broad SMARTS) is 1. The molecule has 0 aromatic heterocycles. The van der Waals surface area contributed by atoms with Crippen molar-refractivity contribution in [2.45, 2.75) is 0 Å². The molecule has 8 heteroatoms. The maximum atomic E-state index is 12.4. The maximum absolute atomic E-state index is 12.4. The van der Waals surface area contributed by atoms with Crippen LogP contribution in [0.25, 0.3) is 5.57 Å². The molecule has 0 amide bonds. The number of aliphatic carboxylic acids is 1. The van der Waals surface area contributed by atoms with Gasteiger partial charge in [0.2, 0.25) is 0 Å². The van der Waals surface area contributed by atoms with Gasteiger partial charge in [-0.15, -0.1) is 0 Å². The van der Waals surface area contributed by atoms with Crippen molar-refractivity contribution in [1.82, 2.24) is 0 Å². The van der Waals surface area contributed by atoms with Gasteiger partial charge >= 0.3 is 13.6 Å². The molecule has 92 valence electrons. The zero-order chi connectivity index (χ0) is 13.2. The van der Waals surface area contributed by atoms with Crippen molar-refractivity contribution in [2.24, 2.45) is 0 Å². The van der Waals surface area contributed by atoms with Gasteiger partial charge in [0.05, 0.1) is 5.30 Å². The molecule has 0 heterocycles. The van der Waals surface area contributed by atoms with Crippen molar-refractivity contribution >= 4 is 24.4 Å². The van der Waals surface area contributed by atoms with E-state index in [1.165, 1.54) is 12.1 Å². The molecule has 0 bridgehead atoms. The second-order valence-corrected chi connectivity index (χ2v) is 4.57. The Balaban J connectivity index is 3.58. The normalized spacial score (nSPS) is 11.1. The van der Waals surface area contributed by atoms with Crippen LogP contribution < -0.4 is 5.30 Å². The highest BCUT2D eigenvalue weighted by molar-refractivity contribution is 7.60. The number of carboxylic acids is 1. The average molecular weight is 264 g/mol. The van der Waals surface area contributed by atoms with Gasteiger partial charge in [-0.1, -0.05) is 18.2 Å². The van der Waals surface area contributed by atoms with Gasteiger partial charge in [-0.2, -0.15) is 8.78 Å². The molecule has 3 N–H and O–H groups in total. The summed E-state index contributed by atoms with van der Waals surface area (Å²) in [5.74, 6) is -1.95. The highest BCUT2D eigenvalue weighted by atomic mass is 31.2. The molecule has 0 aliphatic carbocycles. The first-order valence-electron chi connectivity index (χ1n) is 4.19. The molecule has 0 aliphatic heterocycles. The fraction of sp³-hybridized carbons (Fsp3) is 0. The van der Waals surface area contributed by atoms with E-state index in [1.54, 1.807) is 0 Å². The lowest BCUT2D eigenvalue weighted by atomic mass is 10.1. The van der Waals surface area contributed by atoms with Crippen LogP contribution in [0.3, 0.4) is 0 Å². The molecular weight excluding hydrogens is 257 g/mol. The van der Waals surface area contributed by atoms with Crippen LogP contribution in [0.2, 0.25) is 0 Å². The third-order valence-electron chi connectivity index (χ3n) is 1.89. The molecule has 1 aromatic carbocycles. The van der Waals surface area contributed by atoms with Gasteiger partial charge in [-0.3, -0.25) is 4.57 Å². The van der Waals surface area contributed by atoms with Gasteiger partial charge in [0.15, 0.2) is 0 Å². The van der Waals surface area contributed by atoms with E-state index in [1.807, 2.05) is 0 Å². The van der Waals surface area contributed by atoms with Gasteiger partial charge < -0.3 is 14.9 Å². The third kappa shape index (κ3) is 2.97. The molecule has 0 atom stereocenters. The van der Waals surface area contributed by atoms with Crippen LogP contribution in [0.15, 0.2) is 30.3 Å². The minimum atomic E-state index is -4.82. The van der Waals surface area contributed by atoms with Crippen molar-refractivity contribution in [2.75, 3.05) is 0 Å². The van der Waals surface area contributed by atoms with E-state index < -0.39 is 36.1 Å². The maximum Gasteiger partial charge on any atom is 0.356 e. The third-order valence-corrected chi connectivity index (χ3v) is 2.91. The summed E-state index contributed by atoms with van der Waals surface area (Å²) in [5, 5.41) is 7.85. The van der Waals surface area contributed by atoms with E-state index in [9.17, 15) is 18.1 Å². The van der Waals surface area contributed by atoms with Crippen LogP contribution in [0.1, 0.15) is 5.56 Å². The van der Waals surface area contributed by atoms with Gasteiger partial charge in [0.25, 0.3) is 6.08 Å². The molecule has 0 spiro atoms. The van der Waals surface area contributed by atoms with E-state index in [0.29, 0.717) is 0 Å². The highest BCUT2D eigenvalue weighted by Crippen LogP contribution is 2.37. The lowest BCUT2D eigenvalue weighted by Crippen LogP contribution is -2.14. The summed E-state index contributed by atoms with van der Waals surface area (Å²) < 4.78 is 35.9. The summed E-state index contributed by atoms with van der Waals surface area (Å²) in [6.45, 7) is 0. The molecule has 0 saturated heterocycles. The second-order valence-electron chi connectivity index (χ2n) is 3.00. The first kappa shape index (κ1) is 13.5. The molecule has 0 aliphatic rings. The van der Waals surface area contributed by atoms with Crippen molar-refractivity contribution in [3.63, 3.8) is 0 Å². The molecule has 0 unspecified atom stereocenters. The van der Waals surface area contributed by atoms with Crippen LogP contribution in [0.5, 0.6) is 0 Å². The van der Waals surface area contributed by atoms with E-state index >= 15 is 0 Å². The summed E-state index contributed by atoms with van der Waals surface area (Å²) in [4.78, 5) is 28.5. The molecule has 1 aromatic rings. The van der Waals surface area contributed by atoms with Crippen molar-refractivity contribution in [3.05, 3.63) is 35.9 Å². The quantitative estimate of drug-likeness (QED) is 0.563. The fourth-order valence-electron chi connectivity index (χ4n) is 1.24. The molecular formula is C9H7F2O5P. The number of halogens is 2. The molecule has 17 heavy (non-hydrogen) atoms. The van der Waals surface area contributed by atoms with Crippen molar-refractivity contribution in [1.29, 1.82) is 0 Å². The lowest BCUT2D eigenvalue weighted by Gasteiger charge is -2.10. The van der Waals surface area contributed by atoms with Crippen molar-refractivity contribution in [3.8, 4) is 0 Å². The average Bonchev–Trinajstić information content (AvgIpc) is 2.15. The number of hydrogen-bond donors (Lipinski definition) is 3. The molecule has 5 nitrogen and oxygen atoms in total. The largest absolute Gasteiger partial charge is 0.477 e. The van der Waals surface area contributed by atoms with Gasteiger partial charge in [-0.05, 0) is 6.07 Å². The highest BCUT2D eigenvalue weighted by Gasteiger charge is 2.27. The first-order valence-corrected chi connectivity index (χ1v) is 5.80. The summed E-state index contributed by atoms with van der Waals surface area (Å²) >= 11 is 0. The molecule has 0 saturated carbocycles. The Hall–Kier alpha value is -1.56. The van der Waals surface area contributed by atoms with Crippen LogP contribution in [-0.4, -0.2) is 20.9 Å². The first-order chi connectivity index (χ1) is 7.75. The standard InChI is InChI=1S/C9H7F2O5P/c10-8(11)7(9(12)13)5-3-1-2-4-6(5)17(14,15)16/h1-4H,(H,12,13)(H2,14,15,16). The predicted molar refractivity (Wildman–Crippen MR) is 54.9 cm³/mol. The Kier molecular flexibility index (Phi) is 3.77. The Morgan fingerprint density at radius 3 is 2.12 bits per heavy atom. The van der Waals surface area contributed by atoms with E-state index in [2.05, 4.69) is 0 Å². The topological polar surface area (TPSA) is 94.8 Å². The monoisotopic (exact) mass is 264 g/mol. The van der Waals surface area contributed by atoms with Crippen LogP contribution >= 0.6 is 7.60 Å². The second kappa shape index (κ2) is 4.75. The van der Waals surface area contributed by atoms with Crippen LogP contribution in [-0.2, 0) is 9.36 Å². The lowest BCUT2D eigenvalue weighted by molar-refractivity contribution is -0.130. The minimum Gasteiger partial charge on any atom is -0.477 e. The van der Waals surface area contributed by atoms with Crippen molar-refractivity contribution < 1.29 is 33.0 Å². The van der Waals surface area contributed by atoms with E-state index in [-0.39, 0.29) is 0 Å². The zero-order valence-electron chi connectivity index (χ0n) is 8.17. The summed E-state index contributed by atoms with van der Waals surface area (Å²) in [6.07, 6.45) is -2.52. The number of rotatable bonds is 3.